The highest BCUT2D eigenvalue weighted by Gasteiger charge is 2.44. The van der Waals surface area contributed by atoms with Crippen molar-refractivity contribution >= 4 is 18.2 Å². The van der Waals surface area contributed by atoms with Crippen LogP contribution in [0.4, 0.5) is 0 Å². The summed E-state index contributed by atoms with van der Waals surface area (Å²) in [7, 11) is 0. The maximum atomic E-state index is 12.5. The minimum absolute atomic E-state index is 0.0612. The molecular formula is C30H36O10. The fraction of sp³-hybridized carbons (Fsp3) is 0.433. The molecule has 0 spiro atoms. The van der Waals surface area contributed by atoms with Gasteiger partial charge in [-0.25, -0.2) is 9.59 Å². The van der Waals surface area contributed by atoms with Crippen molar-refractivity contribution in [3.8, 4) is 11.5 Å². The maximum Gasteiger partial charge on any atom is 0.338 e. The van der Waals surface area contributed by atoms with Crippen LogP contribution in [0.15, 0.2) is 55.1 Å². The lowest BCUT2D eigenvalue weighted by molar-refractivity contribution is -0.222. The van der Waals surface area contributed by atoms with Gasteiger partial charge in [0.25, 0.3) is 0 Å². The molecule has 0 saturated carbocycles. The van der Waals surface area contributed by atoms with Gasteiger partial charge in [-0.2, -0.15) is 0 Å². The number of esters is 2. The summed E-state index contributed by atoms with van der Waals surface area (Å²) in [5, 5.41) is 18.1. The Bertz CT molecular complexity index is 1160. The Morgan fingerprint density at radius 3 is 2.42 bits per heavy atom. The van der Waals surface area contributed by atoms with Gasteiger partial charge in [-0.1, -0.05) is 45.6 Å². The molecule has 1 saturated heterocycles. The third-order valence-corrected chi connectivity index (χ3v) is 6.99. The molecule has 2 unspecified atom stereocenters. The summed E-state index contributed by atoms with van der Waals surface area (Å²) >= 11 is 0. The average molecular weight is 557 g/mol. The summed E-state index contributed by atoms with van der Waals surface area (Å²) in [5.74, 6) is -0.436. The summed E-state index contributed by atoms with van der Waals surface area (Å²) in [5.41, 5.74) is 1.31. The van der Waals surface area contributed by atoms with E-state index in [1.54, 1.807) is 42.5 Å². The molecule has 0 amide bonds. The van der Waals surface area contributed by atoms with Crippen molar-refractivity contribution in [1.82, 2.24) is 0 Å². The lowest BCUT2D eigenvalue weighted by Crippen LogP contribution is -2.50. The smallest absolute Gasteiger partial charge is 0.338 e. The first-order valence-corrected chi connectivity index (χ1v) is 13.0. The van der Waals surface area contributed by atoms with E-state index in [1.807, 2.05) is 20.8 Å². The Hall–Kier alpha value is -3.73. The molecule has 1 aliphatic rings. The van der Waals surface area contributed by atoms with Crippen LogP contribution in [0.3, 0.4) is 0 Å². The summed E-state index contributed by atoms with van der Waals surface area (Å²) in [6, 6.07) is 11.3. The highest BCUT2D eigenvalue weighted by atomic mass is 16.7. The van der Waals surface area contributed by atoms with Gasteiger partial charge in [-0.05, 0) is 47.7 Å². The van der Waals surface area contributed by atoms with Gasteiger partial charge in [0.1, 0.15) is 37.4 Å². The van der Waals surface area contributed by atoms with Gasteiger partial charge in [0.05, 0.1) is 17.7 Å². The quantitative estimate of drug-likeness (QED) is 0.215. The van der Waals surface area contributed by atoms with Gasteiger partial charge in [-0.3, -0.25) is 4.79 Å². The van der Waals surface area contributed by atoms with Crippen LogP contribution in [0.1, 0.15) is 47.1 Å². The lowest BCUT2D eigenvalue weighted by Gasteiger charge is -2.42. The second-order valence-corrected chi connectivity index (χ2v) is 9.78. The van der Waals surface area contributed by atoms with E-state index in [9.17, 15) is 19.5 Å². The van der Waals surface area contributed by atoms with Crippen molar-refractivity contribution in [1.29, 1.82) is 0 Å². The molecule has 6 atom stereocenters. The highest BCUT2D eigenvalue weighted by Crippen LogP contribution is 2.37. The van der Waals surface area contributed by atoms with Crippen molar-refractivity contribution in [3.63, 3.8) is 0 Å². The van der Waals surface area contributed by atoms with Crippen molar-refractivity contribution < 1.29 is 48.3 Å². The molecular weight excluding hydrogens is 520 g/mol. The summed E-state index contributed by atoms with van der Waals surface area (Å²) < 4.78 is 28.0. The standard InChI is InChI=1S/C30H36O10/c1-5-12-36-29(35)27-19(3)18(2)20(4)30(40-27)39-26-11-10-25(13-23(26)14-31)37-16-21-6-8-22(9-7-21)28(34)38-17-24(33)15-32/h5-11,13-14,18-20,24,27,30,32-33H,1,12,15-17H2,2-4H3/t18-,19-,20?,24+,27?,30+/m0/s1. The highest BCUT2D eigenvalue weighted by molar-refractivity contribution is 5.89. The summed E-state index contributed by atoms with van der Waals surface area (Å²) in [6.07, 6.45) is -0.551. The fourth-order valence-corrected chi connectivity index (χ4v) is 4.18. The van der Waals surface area contributed by atoms with E-state index in [0.717, 1.165) is 5.56 Å². The van der Waals surface area contributed by atoms with E-state index in [2.05, 4.69) is 6.58 Å². The number of carbonyl (C=O) groups is 3. The van der Waals surface area contributed by atoms with Gasteiger partial charge in [0, 0.05) is 5.92 Å². The Kier molecular flexibility index (Phi) is 11.2. The normalized spacial score (nSPS) is 23.0. The van der Waals surface area contributed by atoms with E-state index in [4.69, 9.17) is 28.8 Å². The second kappa shape index (κ2) is 14.6. The Labute approximate surface area is 233 Å². The Balaban J connectivity index is 1.62. The molecule has 0 bridgehead atoms. The molecule has 1 heterocycles. The van der Waals surface area contributed by atoms with Crippen LogP contribution < -0.4 is 9.47 Å². The molecule has 10 heteroatoms. The van der Waals surface area contributed by atoms with E-state index < -0.39 is 37.0 Å². The van der Waals surface area contributed by atoms with Crippen LogP contribution in [0, 0.1) is 17.8 Å². The van der Waals surface area contributed by atoms with Crippen LogP contribution >= 0.6 is 0 Å². The predicted octanol–water partition coefficient (Wildman–Crippen LogP) is 3.33. The Morgan fingerprint density at radius 2 is 1.77 bits per heavy atom. The van der Waals surface area contributed by atoms with Gasteiger partial charge in [0.2, 0.25) is 6.29 Å². The number of aldehydes is 1. The predicted molar refractivity (Wildman–Crippen MR) is 144 cm³/mol. The number of hydrogen-bond donors (Lipinski definition) is 2. The third kappa shape index (κ3) is 7.91. The zero-order valence-electron chi connectivity index (χ0n) is 22.9. The van der Waals surface area contributed by atoms with Gasteiger partial charge in [-0.15, -0.1) is 0 Å². The number of hydrogen-bond acceptors (Lipinski definition) is 10. The van der Waals surface area contributed by atoms with Gasteiger partial charge >= 0.3 is 11.9 Å². The van der Waals surface area contributed by atoms with E-state index in [1.165, 1.54) is 6.08 Å². The molecule has 10 nitrogen and oxygen atoms in total. The molecule has 2 aromatic rings. The SMILES string of the molecule is C=CCOC(=O)C1O[C@@H](Oc2ccc(OCc3ccc(C(=O)OC[C@H](O)CO)cc3)cc2C=O)C(C)[C@@H](C)[C@@H]1C. The van der Waals surface area contributed by atoms with Crippen molar-refractivity contribution in [2.75, 3.05) is 19.8 Å². The van der Waals surface area contributed by atoms with E-state index >= 15 is 0 Å². The van der Waals surface area contributed by atoms with Crippen LogP contribution in [-0.2, 0) is 25.6 Å². The van der Waals surface area contributed by atoms with Gasteiger partial charge in [0.15, 0.2) is 12.4 Å². The first kappa shape index (κ1) is 30.8. The Morgan fingerprint density at radius 1 is 1.05 bits per heavy atom. The minimum Gasteiger partial charge on any atom is -0.489 e. The maximum absolute atomic E-state index is 12.5. The number of ether oxygens (including phenoxy) is 5. The molecule has 2 aromatic carbocycles. The number of aliphatic hydroxyl groups excluding tert-OH is 2. The minimum atomic E-state index is -1.13. The van der Waals surface area contributed by atoms with Crippen LogP contribution in [0.2, 0.25) is 0 Å². The number of rotatable bonds is 13. The van der Waals surface area contributed by atoms with Crippen molar-refractivity contribution in [2.45, 2.75) is 45.9 Å². The van der Waals surface area contributed by atoms with Gasteiger partial charge < -0.3 is 33.9 Å². The van der Waals surface area contributed by atoms with E-state index in [-0.39, 0.29) is 48.7 Å². The monoisotopic (exact) mass is 556 g/mol. The molecule has 0 radical (unpaired) electrons. The van der Waals surface area contributed by atoms with Crippen LogP contribution in [-0.4, -0.2) is 66.8 Å². The molecule has 0 aliphatic carbocycles. The largest absolute Gasteiger partial charge is 0.489 e. The molecule has 3 rings (SSSR count). The zero-order valence-corrected chi connectivity index (χ0v) is 22.9. The zero-order chi connectivity index (χ0) is 29.2. The molecule has 216 valence electrons. The molecule has 40 heavy (non-hydrogen) atoms. The van der Waals surface area contributed by atoms with Crippen molar-refractivity contribution in [2.24, 2.45) is 17.8 Å². The lowest BCUT2D eigenvalue weighted by atomic mass is 9.79. The first-order valence-electron chi connectivity index (χ1n) is 13.0. The molecule has 1 aliphatic heterocycles. The summed E-state index contributed by atoms with van der Waals surface area (Å²) in [4.78, 5) is 36.4. The average Bonchev–Trinajstić information content (AvgIpc) is 2.98. The number of benzene rings is 2. The number of carbonyl (C=O) groups excluding carboxylic acids is 3. The molecule has 0 aromatic heterocycles. The molecule has 1 fully saturated rings. The molecule has 2 N–H and O–H groups in total. The topological polar surface area (TPSA) is 138 Å². The first-order chi connectivity index (χ1) is 19.2. The van der Waals surface area contributed by atoms with Crippen LogP contribution in [0.5, 0.6) is 11.5 Å². The number of aliphatic hydroxyl groups is 2. The van der Waals surface area contributed by atoms with Crippen LogP contribution in [0.25, 0.3) is 0 Å². The second-order valence-electron chi connectivity index (χ2n) is 9.78. The third-order valence-electron chi connectivity index (χ3n) is 6.99. The summed E-state index contributed by atoms with van der Waals surface area (Å²) in [6.45, 7) is 8.95. The van der Waals surface area contributed by atoms with Crippen molar-refractivity contribution in [3.05, 3.63) is 71.8 Å². The van der Waals surface area contributed by atoms with E-state index in [0.29, 0.717) is 17.8 Å². The fourth-order valence-electron chi connectivity index (χ4n) is 4.18.